The smallest absolute Gasteiger partial charge is 0.137 e. The summed E-state index contributed by atoms with van der Waals surface area (Å²) in [5, 5.41) is 7.58. The van der Waals surface area contributed by atoms with E-state index in [9.17, 15) is 0 Å². The van der Waals surface area contributed by atoms with Gasteiger partial charge in [-0.3, -0.25) is 0 Å². The van der Waals surface area contributed by atoms with Gasteiger partial charge in [0.1, 0.15) is 18.4 Å². The molecule has 5 nitrogen and oxygen atoms in total. The molecule has 0 saturated carbocycles. The molecule has 0 amide bonds. The van der Waals surface area contributed by atoms with Crippen molar-refractivity contribution in [2.24, 2.45) is 0 Å². The number of nitrogens with zero attached hydrogens (tertiary/aromatic N) is 3. The molecule has 0 radical (unpaired) electrons. The second-order valence-electron chi connectivity index (χ2n) is 4.67. The van der Waals surface area contributed by atoms with E-state index in [2.05, 4.69) is 41.4 Å². The summed E-state index contributed by atoms with van der Waals surface area (Å²) >= 11 is 0. The van der Waals surface area contributed by atoms with Crippen LogP contribution in [0.1, 0.15) is 37.9 Å². The fourth-order valence-electron chi connectivity index (χ4n) is 2.20. The third kappa shape index (κ3) is 3.57. The Balaban J connectivity index is 2.26. The van der Waals surface area contributed by atoms with Gasteiger partial charge >= 0.3 is 0 Å². The van der Waals surface area contributed by atoms with Crippen molar-refractivity contribution in [3.05, 3.63) is 42.0 Å². The van der Waals surface area contributed by atoms with Crippen LogP contribution in [0.5, 0.6) is 5.75 Å². The summed E-state index contributed by atoms with van der Waals surface area (Å²) in [4.78, 5) is 3.98. The summed E-state index contributed by atoms with van der Waals surface area (Å²) in [6.45, 7) is 8.55. The Morgan fingerprint density at radius 1 is 1.35 bits per heavy atom. The quantitative estimate of drug-likeness (QED) is 0.842. The first-order valence-corrected chi connectivity index (χ1v) is 7.06. The largest absolute Gasteiger partial charge is 0.494 e. The number of ether oxygens (including phenoxy) is 1. The van der Waals surface area contributed by atoms with Crippen LogP contribution in [0.4, 0.5) is 0 Å². The predicted octanol–water partition coefficient (Wildman–Crippen LogP) is 2.40. The van der Waals surface area contributed by atoms with Crippen molar-refractivity contribution in [2.45, 2.75) is 33.4 Å². The minimum Gasteiger partial charge on any atom is -0.494 e. The lowest BCUT2D eigenvalue weighted by Gasteiger charge is -2.16. The molecule has 1 unspecified atom stereocenters. The fraction of sp³-hybridized carbons (Fsp3) is 0.467. The molecule has 1 heterocycles. The second-order valence-corrected chi connectivity index (χ2v) is 4.67. The molecule has 108 valence electrons. The van der Waals surface area contributed by atoms with Gasteiger partial charge in [-0.1, -0.05) is 13.0 Å². The molecule has 1 N–H and O–H groups in total. The molecule has 20 heavy (non-hydrogen) atoms. The van der Waals surface area contributed by atoms with Crippen LogP contribution in [0, 0.1) is 0 Å². The Kier molecular flexibility index (Phi) is 5.12. The molecule has 0 spiro atoms. The number of benzene rings is 1. The summed E-state index contributed by atoms with van der Waals surface area (Å²) in [5.41, 5.74) is 2.38. The van der Waals surface area contributed by atoms with E-state index < -0.39 is 0 Å². The van der Waals surface area contributed by atoms with E-state index in [0.717, 1.165) is 17.9 Å². The Bertz CT molecular complexity index is 525. The zero-order chi connectivity index (χ0) is 14.4. The molecule has 1 atom stereocenters. The highest BCUT2D eigenvalue weighted by Gasteiger charge is 2.10. The lowest BCUT2D eigenvalue weighted by Crippen LogP contribution is -2.18. The Morgan fingerprint density at radius 3 is 2.85 bits per heavy atom. The number of nitrogens with one attached hydrogen (secondary N) is 1. The molecule has 0 bridgehead atoms. The van der Waals surface area contributed by atoms with E-state index in [1.54, 1.807) is 17.3 Å². The molecule has 0 aliphatic carbocycles. The standard InChI is InChI=1S/C15H22N4O/c1-4-17-12(3)13-6-7-15(20-5-2)14(8-13)9-19-11-16-10-18-19/h6-8,10-12,17H,4-5,9H2,1-3H3. The summed E-state index contributed by atoms with van der Waals surface area (Å²) in [7, 11) is 0. The van der Waals surface area contributed by atoms with Crippen LogP contribution in [-0.4, -0.2) is 27.9 Å². The molecule has 0 aliphatic rings. The fourth-order valence-corrected chi connectivity index (χ4v) is 2.20. The minimum atomic E-state index is 0.324. The topological polar surface area (TPSA) is 52.0 Å². The Hall–Kier alpha value is -1.88. The van der Waals surface area contributed by atoms with Crippen molar-refractivity contribution in [3.63, 3.8) is 0 Å². The second kappa shape index (κ2) is 7.05. The van der Waals surface area contributed by atoms with Gasteiger partial charge in [0.2, 0.25) is 0 Å². The van der Waals surface area contributed by atoms with Crippen molar-refractivity contribution in [2.75, 3.05) is 13.2 Å². The van der Waals surface area contributed by atoms with Gasteiger partial charge in [0.25, 0.3) is 0 Å². The van der Waals surface area contributed by atoms with Gasteiger partial charge in [0, 0.05) is 11.6 Å². The van der Waals surface area contributed by atoms with Crippen molar-refractivity contribution >= 4 is 0 Å². The Labute approximate surface area is 120 Å². The SMILES string of the molecule is CCNC(C)c1ccc(OCC)c(Cn2cncn2)c1. The van der Waals surface area contributed by atoms with E-state index in [-0.39, 0.29) is 0 Å². The molecule has 0 fully saturated rings. The van der Waals surface area contributed by atoms with Crippen LogP contribution < -0.4 is 10.1 Å². The molecule has 5 heteroatoms. The minimum absolute atomic E-state index is 0.324. The van der Waals surface area contributed by atoms with Crippen molar-refractivity contribution < 1.29 is 4.74 Å². The number of hydrogen-bond acceptors (Lipinski definition) is 4. The van der Waals surface area contributed by atoms with Gasteiger partial charge < -0.3 is 10.1 Å². The van der Waals surface area contributed by atoms with Crippen LogP contribution in [-0.2, 0) is 6.54 Å². The predicted molar refractivity (Wildman–Crippen MR) is 78.8 cm³/mol. The van der Waals surface area contributed by atoms with Gasteiger partial charge in [-0.25, -0.2) is 9.67 Å². The third-order valence-corrected chi connectivity index (χ3v) is 3.19. The summed E-state index contributed by atoms with van der Waals surface area (Å²) in [5.74, 6) is 0.912. The molecular formula is C15H22N4O. The lowest BCUT2D eigenvalue weighted by molar-refractivity contribution is 0.335. The monoisotopic (exact) mass is 274 g/mol. The van der Waals surface area contributed by atoms with Crippen LogP contribution in [0.3, 0.4) is 0 Å². The first-order valence-electron chi connectivity index (χ1n) is 7.06. The molecule has 2 aromatic rings. The van der Waals surface area contributed by atoms with Crippen LogP contribution in [0.15, 0.2) is 30.9 Å². The third-order valence-electron chi connectivity index (χ3n) is 3.19. The van der Waals surface area contributed by atoms with E-state index >= 15 is 0 Å². The van der Waals surface area contributed by atoms with Gasteiger partial charge in [-0.2, -0.15) is 5.10 Å². The van der Waals surface area contributed by atoms with E-state index in [4.69, 9.17) is 4.74 Å². The van der Waals surface area contributed by atoms with Gasteiger partial charge in [0.15, 0.2) is 0 Å². The van der Waals surface area contributed by atoms with Crippen LogP contribution in [0.25, 0.3) is 0 Å². The molecule has 0 aliphatic heterocycles. The Morgan fingerprint density at radius 2 is 2.20 bits per heavy atom. The zero-order valence-corrected chi connectivity index (χ0v) is 12.3. The first-order chi connectivity index (χ1) is 9.74. The average Bonchev–Trinajstić information content (AvgIpc) is 2.94. The van der Waals surface area contributed by atoms with Gasteiger partial charge in [-0.05, 0) is 38.1 Å². The normalized spacial score (nSPS) is 12.3. The lowest BCUT2D eigenvalue weighted by atomic mass is 10.0. The van der Waals surface area contributed by atoms with E-state index in [0.29, 0.717) is 19.2 Å². The zero-order valence-electron chi connectivity index (χ0n) is 12.3. The molecule has 1 aromatic carbocycles. The van der Waals surface area contributed by atoms with E-state index in [1.165, 1.54) is 5.56 Å². The summed E-state index contributed by atoms with van der Waals surface area (Å²) in [6, 6.07) is 6.66. The maximum Gasteiger partial charge on any atom is 0.137 e. The maximum absolute atomic E-state index is 5.70. The van der Waals surface area contributed by atoms with Gasteiger partial charge in [-0.15, -0.1) is 0 Å². The highest BCUT2D eigenvalue weighted by molar-refractivity contribution is 5.38. The first kappa shape index (κ1) is 14.5. The van der Waals surface area contributed by atoms with Crippen molar-refractivity contribution in [1.82, 2.24) is 20.1 Å². The van der Waals surface area contributed by atoms with Crippen molar-refractivity contribution in [1.29, 1.82) is 0 Å². The number of aromatic nitrogens is 3. The molecule has 1 aromatic heterocycles. The average molecular weight is 274 g/mol. The number of rotatable bonds is 7. The summed E-state index contributed by atoms with van der Waals surface area (Å²) in [6.07, 6.45) is 3.27. The van der Waals surface area contributed by atoms with E-state index in [1.807, 2.05) is 13.0 Å². The van der Waals surface area contributed by atoms with Gasteiger partial charge in [0.05, 0.1) is 13.2 Å². The molecular weight excluding hydrogens is 252 g/mol. The maximum atomic E-state index is 5.70. The number of hydrogen-bond donors (Lipinski definition) is 1. The highest BCUT2D eigenvalue weighted by atomic mass is 16.5. The summed E-state index contributed by atoms with van der Waals surface area (Å²) < 4.78 is 7.50. The van der Waals surface area contributed by atoms with Crippen LogP contribution >= 0.6 is 0 Å². The highest BCUT2D eigenvalue weighted by Crippen LogP contribution is 2.24. The van der Waals surface area contributed by atoms with Crippen molar-refractivity contribution in [3.8, 4) is 5.75 Å². The van der Waals surface area contributed by atoms with Crippen LogP contribution in [0.2, 0.25) is 0 Å². The molecule has 2 rings (SSSR count). The molecule has 0 saturated heterocycles.